The lowest BCUT2D eigenvalue weighted by molar-refractivity contribution is -0.361. The third kappa shape index (κ3) is 5.85. The van der Waals surface area contributed by atoms with Gasteiger partial charge in [-0.1, -0.05) is 67.6 Å². The van der Waals surface area contributed by atoms with Crippen LogP contribution in [0.2, 0.25) is 0 Å². The molecule has 0 unspecified atom stereocenters. The van der Waals surface area contributed by atoms with Crippen LogP contribution in [0.5, 0.6) is 0 Å². The van der Waals surface area contributed by atoms with Gasteiger partial charge in [-0.2, -0.15) is 0 Å². The van der Waals surface area contributed by atoms with E-state index in [1.165, 1.54) is 0 Å². The maximum absolute atomic E-state index is 11.7. The average molecular weight is 314 g/mol. The van der Waals surface area contributed by atoms with E-state index in [4.69, 9.17) is 14.2 Å². The maximum atomic E-state index is 11.7. The molecule has 0 aliphatic carbocycles. The van der Waals surface area contributed by atoms with Crippen molar-refractivity contribution < 1.29 is 19.0 Å². The summed E-state index contributed by atoms with van der Waals surface area (Å²) < 4.78 is 16.8. The van der Waals surface area contributed by atoms with Gasteiger partial charge in [0.15, 0.2) is 0 Å². The molecule has 0 spiro atoms. The summed E-state index contributed by atoms with van der Waals surface area (Å²) in [4.78, 5) is 11.7. The zero-order chi connectivity index (χ0) is 16.5. The van der Waals surface area contributed by atoms with Crippen molar-refractivity contribution in [3.05, 3.63) is 71.8 Å². The van der Waals surface area contributed by atoms with Crippen LogP contribution in [0.15, 0.2) is 60.7 Å². The zero-order valence-electron chi connectivity index (χ0n) is 13.5. The normalized spacial score (nSPS) is 11.2. The van der Waals surface area contributed by atoms with Gasteiger partial charge in [-0.05, 0) is 11.1 Å². The second kappa shape index (κ2) is 8.46. The molecule has 23 heavy (non-hydrogen) atoms. The molecular weight excluding hydrogens is 292 g/mol. The number of carbonyl (C=O) groups excluding carboxylic acids is 1. The summed E-state index contributed by atoms with van der Waals surface area (Å²) in [6.45, 7) is 3.94. The van der Waals surface area contributed by atoms with E-state index < -0.39 is 5.97 Å². The Morgan fingerprint density at radius 3 is 1.70 bits per heavy atom. The van der Waals surface area contributed by atoms with E-state index in [2.05, 4.69) is 0 Å². The van der Waals surface area contributed by atoms with Crippen molar-refractivity contribution in [1.29, 1.82) is 0 Å². The van der Waals surface area contributed by atoms with Crippen molar-refractivity contribution in [2.75, 3.05) is 0 Å². The smallest absolute Gasteiger partial charge is 0.326 e. The van der Waals surface area contributed by atoms with E-state index in [0.29, 0.717) is 13.2 Å². The molecule has 0 amide bonds. The van der Waals surface area contributed by atoms with Crippen molar-refractivity contribution in [1.82, 2.24) is 0 Å². The van der Waals surface area contributed by atoms with Gasteiger partial charge in [-0.25, -0.2) is 0 Å². The monoisotopic (exact) mass is 314 g/mol. The molecule has 0 aromatic heterocycles. The fourth-order valence-corrected chi connectivity index (χ4v) is 1.96. The van der Waals surface area contributed by atoms with Gasteiger partial charge in [0.1, 0.15) is 0 Å². The lowest BCUT2D eigenvalue weighted by Crippen LogP contribution is -2.37. The number of carbonyl (C=O) groups is 1. The number of rotatable bonds is 8. The highest BCUT2D eigenvalue weighted by Gasteiger charge is 2.31. The Labute approximate surface area is 137 Å². The molecule has 4 heteroatoms. The Kier molecular flexibility index (Phi) is 6.32. The minimum atomic E-state index is -1.42. The highest BCUT2D eigenvalue weighted by Crippen LogP contribution is 2.20. The Hall–Kier alpha value is -2.17. The molecule has 0 radical (unpaired) electrons. The van der Waals surface area contributed by atoms with Crippen molar-refractivity contribution in [3.63, 3.8) is 0 Å². The first-order chi connectivity index (χ1) is 11.1. The minimum Gasteiger partial charge on any atom is -0.408 e. The van der Waals surface area contributed by atoms with Gasteiger partial charge < -0.3 is 14.2 Å². The van der Waals surface area contributed by atoms with Crippen LogP contribution in [0, 0.1) is 0 Å². The van der Waals surface area contributed by atoms with E-state index >= 15 is 0 Å². The van der Waals surface area contributed by atoms with Crippen LogP contribution < -0.4 is 0 Å². The molecule has 0 saturated carbocycles. The first kappa shape index (κ1) is 17.2. The van der Waals surface area contributed by atoms with E-state index in [1.807, 2.05) is 60.7 Å². The van der Waals surface area contributed by atoms with Gasteiger partial charge in [0.05, 0.1) is 13.2 Å². The van der Waals surface area contributed by atoms with E-state index in [9.17, 15) is 4.79 Å². The molecule has 0 heterocycles. The van der Waals surface area contributed by atoms with Crippen molar-refractivity contribution >= 4 is 5.97 Å². The van der Waals surface area contributed by atoms with Gasteiger partial charge in [0, 0.05) is 13.3 Å². The van der Waals surface area contributed by atoms with E-state index in [1.54, 1.807) is 13.8 Å². The van der Waals surface area contributed by atoms with Gasteiger partial charge >= 0.3 is 11.9 Å². The number of benzene rings is 2. The molecular formula is C19H22O4. The summed E-state index contributed by atoms with van der Waals surface area (Å²) in [6.07, 6.45) is 0.263. The number of hydrogen-bond acceptors (Lipinski definition) is 4. The second-order valence-corrected chi connectivity index (χ2v) is 5.24. The first-order valence-corrected chi connectivity index (χ1v) is 7.69. The molecule has 0 saturated heterocycles. The third-order valence-electron chi connectivity index (χ3n) is 3.28. The molecule has 2 rings (SSSR count). The van der Waals surface area contributed by atoms with Crippen LogP contribution in [0.25, 0.3) is 0 Å². The molecule has 0 aliphatic rings. The van der Waals surface area contributed by atoms with Crippen molar-refractivity contribution in [2.24, 2.45) is 0 Å². The van der Waals surface area contributed by atoms with Crippen LogP contribution >= 0.6 is 0 Å². The van der Waals surface area contributed by atoms with Gasteiger partial charge in [-0.15, -0.1) is 0 Å². The molecule has 0 N–H and O–H groups in total. The first-order valence-electron chi connectivity index (χ1n) is 7.69. The van der Waals surface area contributed by atoms with Crippen LogP contribution in [-0.2, 0) is 32.2 Å². The van der Waals surface area contributed by atoms with Crippen molar-refractivity contribution in [3.8, 4) is 0 Å². The molecule has 2 aromatic rings. The SMILES string of the molecule is CCC(=O)OC(C)(OCc1ccccc1)OCc1ccccc1. The molecule has 4 nitrogen and oxygen atoms in total. The predicted octanol–water partition coefficient (Wildman–Crippen LogP) is 4.05. The third-order valence-corrected chi connectivity index (χ3v) is 3.28. The molecule has 0 aliphatic heterocycles. The standard InChI is InChI=1S/C19H22O4/c1-3-18(20)23-19(2,21-14-16-10-6-4-7-11-16)22-15-17-12-8-5-9-13-17/h4-13H,3,14-15H2,1-2H3. The number of hydrogen-bond donors (Lipinski definition) is 0. The predicted molar refractivity (Wildman–Crippen MR) is 87.3 cm³/mol. The quantitative estimate of drug-likeness (QED) is 0.545. The van der Waals surface area contributed by atoms with E-state index in [-0.39, 0.29) is 12.4 Å². The van der Waals surface area contributed by atoms with Gasteiger partial charge in [0.25, 0.3) is 0 Å². The number of esters is 1. The summed E-state index contributed by atoms with van der Waals surface area (Å²) in [5.74, 6) is -1.78. The Bertz CT molecular complexity index is 552. The fourth-order valence-electron chi connectivity index (χ4n) is 1.96. The highest BCUT2D eigenvalue weighted by molar-refractivity contribution is 5.69. The lowest BCUT2D eigenvalue weighted by Gasteiger charge is -2.29. The maximum Gasteiger partial charge on any atom is 0.326 e. The molecule has 0 atom stereocenters. The van der Waals surface area contributed by atoms with Crippen molar-refractivity contribution in [2.45, 2.75) is 39.5 Å². The average Bonchev–Trinajstić information content (AvgIpc) is 2.60. The molecule has 0 fully saturated rings. The van der Waals surface area contributed by atoms with Gasteiger partial charge in [0.2, 0.25) is 0 Å². The van der Waals surface area contributed by atoms with Crippen LogP contribution in [-0.4, -0.2) is 11.9 Å². The van der Waals surface area contributed by atoms with Crippen LogP contribution in [0.4, 0.5) is 0 Å². The Morgan fingerprint density at radius 1 is 0.870 bits per heavy atom. The highest BCUT2D eigenvalue weighted by atomic mass is 16.9. The second-order valence-electron chi connectivity index (χ2n) is 5.24. The number of ether oxygens (including phenoxy) is 3. The lowest BCUT2D eigenvalue weighted by atomic mass is 10.2. The summed E-state index contributed by atoms with van der Waals surface area (Å²) in [6, 6.07) is 19.4. The largest absolute Gasteiger partial charge is 0.408 e. The summed E-state index contributed by atoms with van der Waals surface area (Å²) in [5.41, 5.74) is 1.96. The molecule has 0 bridgehead atoms. The molecule has 2 aromatic carbocycles. The summed E-state index contributed by atoms with van der Waals surface area (Å²) in [7, 11) is 0. The van der Waals surface area contributed by atoms with Crippen LogP contribution in [0.3, 0.4) is 0 Å². The Balaban J connectivity index is 2.00. The van der Waals surface area contributed by atoms with Gasteiger partial charge in [-0.3, -0.25) is 4.79 Å². The summed E-state index contributed by atoms with van der Waals surface area (Å²) in [5, 5.41) is 0. The van der Waals surface area contributed by atoms with E-state index in [0.717, 1.165) is 11.1 Å². The summed E-state index contributed by atoms with van der Waals surface area (Å²) >= 11 is 0. The zero-order valence-corrected chi connectivity index (χ0v) is 13.5. The fraction of sp³-hybridized carbons (Fsp3) is 0.316. The van der Waals surface area contributed by atoms with Crippen LogP contribution in [0.1, 0.15) is 31.4 Å². The Morgan fingerprint density at radius 2 is 1.30 bits per heavy atom. The molecule has 122 valence electrons. The minimum absolute atomic E-state index is 0.263. The topological polar surface area (TPSA) is 44.8 Å².